The van der Waals surface area contributed by atoms with Crippen molar-refractivity contribution in [2.24, 2.45) is 0 Å². The first kappa shape index (κ1) is 71.6. The SMILES string of the molecule is CCCCC/C=C\C/C=C\CCCCCCCC(=O)OC(COC(=O)CCCCCCCCCCCCCC)COC(=O)CCCCCCCCCCCCCCCCCCC/C=C\CCCCCCCCCC. The number of allylic oxidation sites excluding steroid dienone is 6. The Morgan fingerprint density at radius 2 is 0.486 bits per heavy atom. The van der Waals surface area contributed by atoms with Crippen LogP contribution in [0.15, 0.2) is 36.5 Å². The van der Waals surface area contributed by atoms with Crippen molar-refractivity contribution >= 4 is 17.9 Å². The molecule has 6 heteroatoms. The van der Waals surface area contributed by atoms with E-state index in [1.165, 1.54) is 238 Å². The van der Waals surface area contributed by atoms with Crippen LogP contribution in [0, 0.1) is 0 Å². The van der Waals surface area contributed by atoms with E-state index >= 15 is 0 Å². The van der Waals surface area contributed by atoms with Crippen LogP contribution >= 0.6 is 0 Å². The maximum Gasteiger partial charge on any atom is 0.306 e. The molecule has 0 rings (SSSR count). The topological polar surface area (TPSA) is 78.9 Å². The smallest absolute Gasteiger partial charge is 0.306 e. The normalized spacial score (nSPS) is 12.2. The van der Waals surface area contributed by atoms with Crippen LogP contribution in [0.1, 0.15) is 361 Å². The first-order chi connectivity index (χ1) is 36.5. The van der Waals surface area contributed by atoms with Gasteiger partial charge in [0.1, 0.15) is 13.2 Å². The molecule has 6 nitrogen and oxygen atoms in total. The van der Waals surface area contributed by atoms with E-state index in [1.54, 1.807) is 0 Å². The molecular weight excluding hydrogens is 913 g/mol. The Morgan fingerprint density at radius 3 is 0.784 bits per heavy atom. The number of hydrogen-bond acceptors (Lipinski definition) is 6. The Hall–Kier alpha value is -2.37. The van der Waals surface area contributed by atoms with Gasteiger partial charge < -0.3 is 14.2 Å². The van der Waals surface area contributed by atoms with Gasteiger partial charge in [0, 0.05) is 19.3 Å². The minimum Gasteiger partial charge on any atom is -0.462 e. The average Bonchev–Trinajstić information content (AvgIpc) is 3.40. The summed E-state index contributed by atoms with van der Waals surface area (Å²) in [5.41, 5.74) is 0. The standard InChI is InChI=1S/C68H126O6/c1-4-7-10-13-16-19-22-25-27-28-29-30-31-32-33-34-35-36-37-38-39-40-42-43-46-49-52-55-58-61-67(70)73-64-65(63-72-66(69)60-57-54-51-48-45-24-21-18-15-12-9-6-3)74-68(71)62-59-56-53-50-47-44-41-26-23-20-17-14-11-8-5-2/h17,20,26,28-29,41,65H,4-16,18-19,21-25,27,30-40,42-64H2,1-3H3/b20-17-,29-28-,41-26-. The molecule has 434 valence electrons. The predicted octanol–water partition coefficient (Wildman–Crippen LogP) is 22.4. The zero-order valence-electron chi connectivity index (χ0n) is 49.9. The third kappa shape index (κ3) is 60.5. The van der Waals surface area contributed by atoms with Crippen LogP contribution in [0.3, 0.4) is 0 Å². The quantitative estimate of drug-likeness (QED) is 0.0261. The summed E-state index contributed by atoms with van der Waals surface area (Å²) in [6, 6.07) is 0. The number of carbonyl (C=O) groups is 3. The van der Waals surface area contributed by atoms with E-state index < -0.39 is 6.10 Å². The van der Waals surface area contributed by atoms with Crippen molar-refractivity contribution < 1.29 is 28.6 Å². The van der Waals surface area contributed by atoms with E-state index in [4.69, 9.17) is 14.2 Å². The number of rotatable bonds is 61. The van der Waals surface area contributed by atoms with Crippen LogP contribution in [0.25, 0.3) is 0 Å². The number of hydrogen-bond donors (Lipinski definition) is 0. The highest BCUT2D eigenvalue weighted by Gasteiger charge is 2.19. The maximum atomic E-state index is 12.9. The Bertz CT molecular complexity index is 1240. The zero-order valence-corrected chi connectivity index (χ0v) is 49.9. The van der Waals surface area contributed by atoms with Gasteiger partial charge in [-0.25, -0.2) is 0 Å². The van der Waals surface area contributed by atoms with Crippen LogP contribution in [-0.2, 0) is 28.6 Å². The molecule has 0 aromatic heterocycles. The number of esters is 3. The highest BCUT2D eigenvalue weighted by Crippen LogP contribution is 2.18. The Balaban J connectivity index is 4.14. The fraction of sp³-hybridized carbons (Fsp3) is 0.868. The second-order valence-electron chi connectivity index (χ2n) is 22.4. The Morgan fingerprint density at radius 1 is 0.270 bits per heavy atom. The molecule has 0 saturated carbocycles. The van der Waals surface area contributed by atoms with Gasteiger partial charge >= 0.3 is 17.9 Å². The monoisotopic (exact) mass is 1040 g/mol. The summed E-state index contributed by atoms with van der Waals surface area (Å²) in [6.07, 6.45) is 77.4. The minimum absolute atomic E-state index is 0.0731. The molecule has 0 bridgehead atoms. The molecule has 0 aromatic carbocycles. The van der Waals surface area contributed by atoms with Gasteiger partial charge in [-0.05, 0) is 77.0 Å². The number of carbonyl (C=O) groups excluding carboxylic acids is 3. The van der Waals surface area contributed by atoms with Crippen LogP contribution in [0.4, 0.5) is 0 Å². The lowest BCUT2D eigenvalue weighted by atomic mass is 10.0. The lowest BCUT2D eigenvalue weighted by Gasteiger charge is -2.18. The van der Waals surface area contributed by atoms with E-state index in [9.17, 15) is 14.4 Å². The first-order valence-corrected chi connectivity index (χ1v) is 33.0. The molecule has 0 amide bonds. The lowest BCUT2D eigenvalue weighted by Crippen LogP contribution is -2.30. The molecule has 0 aromatic rings. The molecule has 0 aliphatic carbocycles. The van der Waals surface area contributed by atoms with Gasteiger partial charge in [-0.1, -0.05) is 301 Å². The van der Waals surface area contributed by atoms with E-state index in [0.717, 1.165) is 83.5 Å². The van der Waals surface area contributed by atoms with Gasteiger partial charge in [0.15, 0.2) is 6.10 Å². The third-order valence-electron chi connectivity index (χ3n) is 14.9. The summed E-state index contributed by atoms with van der Waals surface area (Å²) in [5.74, 6) is -0.865. The molecular formula is C68H126O6. The lowest BCUT2D eigenvalue weighted by molar-refractivity contribution is -0.167. The largest absolute Gasteiger partial charge is 0.462 e. The van der Waals surface area contributed by atoms with Crippen molar-refractivity contribution in [1.82, 2.24) is 0 Å². The van der Waals surface area contributed by atoms with Crippen molar-refractivity contribution in [3.8, 4) is 0 Å². The summed E-state index contributed by atoms with van der Waals surface area (Å²) >= 11 is 0. The van der Waals surface area contributed by atoms with Crippen molar-refractivity contribution in [2.45, 2.75) is 367 Å². The molecule has 0 saturated heterocycles. The maximum absolute atomic E-state index is 12.9. The van der Waals surface area contributed by atoms with E-state index in [2.05, 4.69) is 57.2 Å². The average molecular weight is 1040 g/mol. The molecule has 0 spiro atoms. The predicted molar refractivity (Wildman–Crippen MR) is 321 cm³/mol. The minimum atomic E-state index is -0.776. The number of ether oxygens (including phenoxy) is 3. The van der Waals surface area contributed by atoms with Crippen molar-refractivity contribution in [2.75, 3.05) is 13.2 Å². The highest BCUT2D eigenvalue weighted by molar-refractivity contribution is 5.71. The summed E-state index contributed by atoms with van der Waals surface area (Å²) in [7, 11) is 0. The fourth-order valence-corrected chi connectivity index (χ4v) is 9.88. The van der Waals surface area contributed by atoms with Crippen LogP contribution in [-0.4, -0.2) is 37.2 Å². The van der Waals surface area contributed by atoms with Gasteiger partial charge in [-0.2, -0.15) is 0 Å². The van der Waals surface area contributed by atoms with Crippen LogP contribution in [0.5, 0.6) is 0 Å². The fourth-order valence-electron chi connectivity index (χ4n) is 9.88. The molecule has 0 radical (unpaired) electrons. The molecule has 0 fully saturated rings. The van der Waals surface area contributed by atoms with Crippen LogP contribution in [0.2, 0.25) is 0 Å². The van der Waals surface area contributed by atoms with Gasteiger partial charge in [0.25, 0.3) is 0 Å². The van der Waals surface area contributed by atoms with Gasteiger partial charge in [0.2, 0.25) is 0 Å². The summed E-state index contributed by atoms with van der Waals surface area (Å²) in [6.45, 7) is 6.65. The van der Waals surface area contributed by atoms with Gasteiger partial charge in [0.05, 0.1) is 0 Å². The van der Waals surface area contributed by atoms with Crippen molar-refractivity contribution in [1.29, 1.82) is 0 Å². The zero-order chi connectivity index (χ0) is 53.6. The molecule has 0 aliphatic rings. The molecule has 1 unspecified atom stereocenters. The summed E-state index contributed by atoms with van der Waals surface area (Å²) in [4.78, 5) is 38.2. The molecule has 0 heterocycles. The molecule has 0 aliphatic heterocycles. The Kier molecular flexibility index (Phi) is 61.1. The second kappa shape index (κ2) is 63.2. The molecule has 0 N–H and O–H groups in total. The van der Waals surface area contributed by atoms with Crippen molar-refractivity contribution in [3.63, 3.8) is 0 Å². The van der Waals surface area contributed by atoms with Gasteiger partial charge in [-0.3, -0.25) is 14.4 Å². The van der Waals surface area contributed by atoms with Crippen LogP contribution < -0.4 is 0 Å². The van der Waals surface area contributed by atoms with Gasteiger partial charge in [-0.15, -0.1) is 0 Å². The summed E-state index contributed by atoms with van der Waals surface area (Å²) in [5, 5.41) is 0. The Labute approximate surface area is 461 Å². The number of unbranched alkanes of at least 4 members (excludes halogenated alkanes) is 44. The molecule has 1 atom stereocenters. The third-order valence-corrected chi connectivity index (χ3v) is 14.9. The van der Waals surface area contributed by atoms with E-state index in [1.807, 2.05) is 0 Å². The highest BCUT2D eigenvalue weighted by atomic mass is 16.6. The molecule has 74 heavy (non-hydrogen) atoms. The second-order valence-corrected chi connectivity index (χ2v) is 22.4. The van der Waals surface area contributed by atoms with E-state index in [0.29, 0.717) is 19.3 Å². The first-order valence-electron chi connectivity index (χ1n) is 33.0. The summed E-state index contributed by atoms with van der Waals surface area (Å²) < 4.78 is 16.9. The van der Waals surface area contributed by atoms with E-state index in [-0.39, 0.29) is 31.1 Å². The van der Waals surface area contributed by atoms with Crippen molar-refractivity contribution in [3.05, 3.63) is 36.5 Å².